The number of anilines is 1. The van der Waals surface area contributed by atoms with Crippen LogP contribution in [0.15, 0.2) is 47.5 Å². The van der Waals surface area contributed by atoms with Crippen LogP contribution in [0.3, 0.4) is 0 Å². The predicted molar refractivity (Wildman–Crippen MR) is 118 cm³/mol. The third-order valence-corrected chi connectivity index (χ3v) is 7.72. The first-order chi connectivity index (χ1) is 14.8. The van der Waals surface area contributed by atoms with Gasteiger partial charge in [-0.05, 0) is 30.3 Å². The van der Waals surface area contributed by atoms with Crippen LogP contribution < -0.4 is 5.32 Å². The topological polar surface area (TPSA) is 99.7 Å². The molecular formula is C21H25ClN4O4S. The molecule has 166 valence electrons. The van der Waals surface area contributed by atoms with Gasteiger partial charge in [0.05, 0.1) is 23.2 Å². The molecule has 8 nitrogen and oxygen atoms in total. The van der Waals surface area contributed by atoms with Crippen LogP contribution in [0.2, 0.25) is 5.02 Å². The van der Waals surface area contributed by atoms with E-state index in [4.69, 9.17) is 11.6 Å². The zero-order valence-corrected chi connectivity index (χ0v) is 19.0. The fourth-order valence-corrected chi connectivity index (χ4v) is 5.47. The van der Waals surface area contributed by atoms with E-state index < -0.39 is 15.9 Å². The Bertz CT molecular complexity index is 1060. The smallest absolute Gasteiger partial charge is 0.244 e. The van der Waals surface area contributed by atoms with Gasteiger partial charge in [0.1, 0.15) is 4.90 Å². The maximum Gasteiger partial charge on any atom is 0.244 e. The Hall–Kier alpha value is -2.49. The average Bonchev–Trinajstić information content (AvgIpc) is 3.11. The lowest BCUT2D eigenvalue weighted by Gasteiger charge is -2.20. The van der Waals surface area contributed by atoms with Gasteiger partial charge in [0, 0.05) is 37.9 Å². The number of amides is 2. The highest BCUT2D eigenvalue weighted by atomic mass is 35.5. The van der Waals surface area contributed by atoms with Gasteiger partial charge in [0.2, 0.25) is 21.8 Å². The van der Waals surface area contributed by atoms with Crippen molar-refractivity contribution in [2.75, 3.05) is 25.0 Å². The molecule has 0 bridgehead atoms. The fourth-order valence-electron chi connectivity index (χ4n) is 3.51. The number of halogens is 1. The summed E-state index contributed by atoms with van der Waals surface area (Å²) >= 11 is 6.14. The molecule has 0 spiro atoms. The van der Waals surface area contributed by atoms with Gasteiger partial charge >= 0.3 is 0 Å². The third-order valence-electron chi connectivity index (χ3n) is 5.19. The molecule has 1 aromatic carbocycles. The first kappa shape index (κ1) is 23.2. The second-order valence-corrected chi connectivity index (χ2v) is 9.53. The van der Waals surface area contributed by atoms with E-state index in [0.29, 0.717) is 25.3 Å². The highest BCUT2D eigenvalue weighted by molar-refractivity contribution is 7.89. The number of hydrogen-bond acceptors (Lipinski definition) is 5. The number of pyridine rings is 1. The molecule has 1 N–H and O–H groups in total. The van der Waals surface area contributed by atoms with E-state index in [2.05, 4.69) is 10.3 Å². The van der Waals surface area contributed by atoms with Crippen molar-refractivity contribution in [3.8, 4) is 0 Å². The molecule has 1 unspecified atom stereocenters. The molecule has 0 saturated carbocycles. The van der Waals surface area contributed by atoms with Crippen LogP contribution >= 0.6 is 11.6 Å². The predicted octanol–water partition coefficient (Wildman–Crippen LogP) is 2.75. The van der Waals surface area contributed by atoms with Crippen molar-refractivity contribution >= 4 is 39.1 Å². The Labute approximate surface area is 187 Å². The number of sulfonamides is 1. The molecule has 3 rings (SSSR count). The maximum atomic E-state index is 12.8. The molecule has 1 atom stereocenters. The van der Waals surface area contributed by atoms with Crippen molar-refractivity contribution in [3.63, 3.8) is 0 Å². The Balaban J connectivity index is 1.72. The molecule has 1 aliphatic heterocycles. The van der Waals surface area contributed by atoms with Gasteiger partial charge in [-0.2, -0.15) is 4.31 Å². The molecule has 2 aromatic rings. The number of likely N-dealkylation sites (tertiary alicyclic amines) is 1. The van der Waals surface area contributed by atoms with Crippen molar-refractivity contribution in [2.45, 2.75) is 31.7 Å². The van der Waals surface area contributed by atoms with Crippen molar-refractivity contribution in [1.82, 2.24) is 14.2 Å². The quantitative estimate of drug-likeness (QED) is 0.647. The minimum absolute atomic E-state index is 0.0602. The monoisotopic (exact) mass is 464 g/mol. The largest absolute Gasteiger partial charge is 0.336 e. The number of nitrogens with one attached hydrogen (secondary N) is 1. The number of rotatable bonds is 8. The number of benzene rings is 1. The van der Waals surface area contributed by atoms with E-state index in [9.17, 15) is 18.0 Å². The first-order valence-electron chi connectivity index (χ1n) is 10.0. The lowest BCUT2D eigenvalue weighted by molar-refractivity contribution is -0.128. The summed E-state index contributed by atoms with van der Waals surface area (Å²) in [7, 11) is -3.78. The lowest BCUT2D eigenvalue weighted by atomic mass is 10.1. The summed E-state index contributed by atoms with van der Waals surface area (Å²) in [6, 6.07) is 9.82. The van der Waals surface area contributed by atoms with Crippen LogP contribution in [0, 0.1) is 5.92 Å². The van der Waals surface area contributed by atoms with E-state index in [0.717, 1.165) is 5.69 Å². The van der Waals surface area contributed by atoms with Crippen LogP contribution in [0.4, 0.5) is 5.69 Å². The highest BCUT2D eigenvalue weighted by Gasteiger charge is 2.34. The van der Waals surface area contributed by atoms with Crippen LogP contribution in [0.5, 0.6) is 0 Å². The zero-order valence-electron chi connectivity index (χ0n) is 17.4. The summed E-state index contributed by atoms with van der Waals surface area (Å²) in [6.07, 6.45) is 1.75. The van der Waals surface area contributed by atoms with Crippen molar-refractivity contribution < 1.29 is 18.0 Å². The van der Waals surface area contributed by atoms with Gasteiger partial charge in [0.15, 0.2) is 0 Å². The molecule has 2 amide bonds. The summed E-state index contributed by atoms with van der Waals surface area (Å²) < 4.78 is 27.0. The van der Waals surface area contributed by atoms with Gasteiger partial charge < -0.3 is 10.2 Å². The van der Waals surface area contributed by atoms with E-state index >= 15 is 0 Å². The Morgan fingerprint density at radius 3 is 2.65 bits per heavy atom. The van der Waals surface area contributed by atoms with Crippen molar-refractivity contribution in [1.29, 1.82) is 0 Å². The number of aromatic nitrogens is 1. The molecule has 0 aliphatic carbocycles. The fraction of sp³-hybridized carbons (Fsp3) is 0.381. The molecule has 31 heavy (non-hydrogen) atoms. The molecule has 1 fully saturated rings. The summed E-state index contributed by atoms with van der Waals surface area (Å²) in [6.45, 7) is 4.73. The van der Waals surface area contributed by atoms with Gasteiger partial charge in [0.25, 0.3) is 0 Å². The Kier molecular flexibility index (Phi) is 7.30. The summed E-state index contributed by atoms with van der Waals surface area (Å²) in [5, 5.41) is 2.81. The van der Waals surface area contributed by atoms with Crippen LogP contribution in [-0.4, -0.2) is 54.1 Å². The summed E-state index contributed by atoms with van der Waals surface area (Å²) in [5.41, 5.74) is 1.07. The van der Waals surface area contributed by atoms with Crippen LogP contribution in [-0.2, 0) is 26.2 Å². The molecule has 0 radical (unpaired) electrons. The molecular weight excluding hydrogens is 440 g/mol. The first-order valence-corrected chi connectivity index (χ1v) is 11.9. The van der Waals surface area contributed by atoms with E-state index in [1.807, 2.05) is 12.1 Å². The van der Waals surface area contributed by atoms with Gasteiger partial charge in [-0.25, -0.2) is 8.42 Å². The van der Waals surface area contributed by atoms with Crippen molar-refractivity contribution in [3.05, 3.63) is 53.3 Å². The second-order valence-electron chi connectivity index (χ2n) is 7.22. The number of carbonyl (C=O) groups is 2. The second kappa shape index (κ2) is 9.76. The average molecular weight is 465 g/mol. The minimum atomic E-state index is -3.78. The third kappa shape index (κ3) is 5.23. The number of hydrogen-bond donors (Lipinski definition) is 1. The SMILES string of the molecule is CCN(CC)S(=O)(=O)c1cc(NC(=O)C2CC(=O)N(Cc3ccccn3)C2)ccc1Cl. The number of nitrogens with zero attached hydrogens (tertiary/aromatic N) is 3. The van der Waals surface area contributed by atoms with E-state index in [-0.39, 0.29) is 34.7 Å². The molecule has 1 saturated heterocycles. The molecule has 2 heterocycles. The van der Waals surface area contributed by atoms with E-state index in [1.165, 1.54) is 16.4 Å². The van der Waals surface area contributed by atoms with Crippen LogP contribution in [0.1, 0.15) is 26.0 Å². The molecule has 1 aliphatic rings. The normalized spacial score (nSPS) is 16.7. The Morgan fingerprint density at radius 1 is 1.26 bits per heavy atom. The lowest BCUT2D eigenvalue weighted by Crippen LogP contribution is -2.31. The van der Waals surface area contributed by atoms with Crippen molar-refractivity contribution in [2.24, 2.45) is 5.92 Å². The zero-order chi connectivity index (χ0) is 22.6. The Morgan fingerprint density at radius 2 is 2.00 bits per heavy atom. The highest BCUT2D eigenvalue weighted by Crippen LogP contribution is 2.29. The molecule has 10 heteroatoms. The van der Waals surface area contributed by atoms with Gasteiger partial charge in [-0.3, -0.25) is 14.6 Å². The van der Waals surface area contributed by atoms with Gasteiger partial charge in [-0.15, -0.1) is 0 Å². The maximum absolute atomic E-state index is 12.8. The minimum Gasteiger partial charge on any atom is -0.336 e. The summed E-state index contributed by atoms with van der Waals surface area (Å²) in [5.74, 6) is -0.994. The molecule has 1 aromatic heterocycles. The van der Waals surface area contributed by atoms with Crippen LogP contribution in [0.25, 0.3) is 0 Å². The number of carbonyl (C=O) groups excluding carboxylic acids is 2. The van der Waals surface area contributed by atoms with Gasteiger partial charge in [-0.1, -0.05) is 31.5 Å². The van der Waals surface area contributed by atoms with E-state index in [1.54, 1.807) is 37.1 Å². The summed E-state index contributed by atoms with van der Waals surface area (Å²) in [4.78, 5) is 30.8. The standard InChI is InChI=1S/C21H25ClN4O4S/c1-3-26(4-2)31(29,30)19-12-16(8-9-18(19)22)24-21(28)15-11-20(27)25(13-15)14-17-7-5-6-10-23-17/h5-10,12,15H,3-4,11,13-14H2,1-2H3,(H,24,28).